The van der Waals surface area contributed by atoms with Crippen LogP contribution in [0.2, 0.25) is 0 Å². The van der Waals surface area contributed by atoms with Gasteiger partial charge in [-0.05, 0) is 36.6 Å². The Labute approximate surface area is 101 Å². The molecule has 86 valence electrons. The molecule has 3 heteroatoms. The third-order valence-corrected chi connectivity index (χ3v) is 2.78. The second-order valence-electron chi connectivity index (χ2n) is 3.72. The van der Waals surface area contributed by atoms with Crippen molar-refractivity contribution in [1.29, 1.82) is 0 Å². The number of alkyl halides is 1. The van der Waals surface area contributed by atoms with E-state index in [1.165, 1.54) is 5.57 Å². The van der Waals surface area contributed by atoms with Gasteiger partial charge in [0.25, 0.3) is 0 Å². The van der Waals surface area contributed by atoms with Crippen molar-refractivity contribution in [2.24, 2.45) is 0 Å². The summed E-state index contributed by atoms with van der Waals surface area (Å²) in [5, 5.41) is 0. The molecule has 0 aromatic heterocycles. The first-order chi connectivity index (χ1) is 7.81. The lowest BCUT2D eigenvalue weighted by Gasteiger charge is -2.19. The summed E-state index contributed by atoms with van der Waals surface area (Å²) in [4.78, 5) is 0. The van der Waals surface area contributed by atoms with Gasteiger partial charge in [0.15, 0.2) is 11.5 Å². The molecule has 2 nitrogen and oxygen atoms in total. The lowest BCUT2D eigenvalue weighted by Crippen LogP contribution is -2.15. The van der Waals surface area contributed by atoms with Crippen molar-refractivity contribution < 1.29 is 9.47 Å². The topological polar surface area (TPSA) is 18.5 Å². The van der Waals surface area contributed by atoms with E-state index in [4.69, 9.17) is 21.1 Å². The van der Waals surface area contributed by atoms with E-state index in [0.29, 0.717) is 19.1 Å². The Morgan fingerprint density at radius 2 is 2.06 bits per heavy atom. The van der Waals surface area contributed by atoms with Gasteiger partial charge in [0.2, 0.25) is 0 Å². The molecule has 16 heavy (non-hydrogen) atoms. The second-order valence-corrected chi connectivity index (χ2v) is 4.10. The third kappa shape index (κ3) is 2.50. The average molecular weight is 239 g/mol. The van der Waals surface area contributed by atoms with Crippen molar-refractivity contribution >= 4 is 17.2 Å². The van der Waals surface area contributed by atoms with E-state index in [1.807, 2.05) is 18.2 Å². The summed E-state index contributed by atoms with van der Waals surface area (Å²) in [6, 6.07) is 6.03. The number of rotatable bonds is 3. The third-order valence-electron chi connectivity index (χ3n) is 2.56. The maximum Gasteiger partial charge on any atom is 0.161 e. The first kappa shape index (κ1) is 11.3. The number of hydrogen-bond donors (Lipinski definition) is 0. The molecule has 2 rings (SSSR count). The van der Waals surface area contributed by atoms with Gasteiger partial charge >= 0.3 is 0 Å². The van der Waals surface area contributed by atoms with Gasteiger partial charge in [-0.2, -0.15) is 0 Å². The summed E-state index contributed by atoms with van der Waals surface area (Å²) in [7, 11) is 0. The molecule has 0 saturated heterocycles. The van der Waals surface area contributed by atoms with Crippen molar-refractivity contribution in [2.75, 3.05) is 19.1 Å². The quantitative estimate of drug-likeness (QED) is 0.751. The largest absolute Gasteiger partial charge is 0.486 e. The molecule has 0 bridgehead atoms. The lowest BCUT2D eigenvalue weighted by molar-refractivity contribution is 0.171. The van der Waals surface area contributed by atoms with Gasteiger partial charge in [-0.1, -0.05) is 12.1 Å². The molecule has 0 N–H and O–H groups in total. The smallest absolute Gasteiger partial charge is 0.161 e. The lowest BCUT2D eigenvalue weighted by atomic mass is 10.1. The van der Waals surface area contributed by atoms with Crippen LogP contribution >= 0.6 is 11.6 Å². The highest BCUT2D eigenvalue weighted by molar-refractivity contribution is 6.17. The molecule has 1 aliphatic rings. The van der Waals surface area contributed by atoms with Crippen molar-refractivity contribution in [2.45, 2.75) is 13.3 Å². The molecular weight excluding hydrogens is 224 g/mol. The Hall–Kier alpha value is -1.15. The molecular formula is C13H15ClO2. The Morgan fingerprint density at radius 1 is 1.31 bits per heavy atom. The molecule has 0 saturated carbocycles. The van der Waals surface area contributed by atoms with Crippen LogP contribution in [0.3, 0.4) is 0 Å². The molecule has 1 aromatic carbocycles. The molecule has 0 fully saturated rings. The van der Waals surface area contributed by atoms with Crippen molar-refractivity contribution in [3.63, 3.8) is 0 Å². The normalized spacial score (nSPS) is 15.0. The van der Waals surface area contributed by atoms with E-state index < -0.39 is 0 Å². The van der Waals surface area contributed by atoms with Gasteiger partial charge in [-0.25, -0.2) is 0 Å². The number of halogens is 1. The van der Waals surface area contributed by atoms with Crippen LogP contribution in [-0.4, -0.2) is 19.1 Å². The van der Waals surface area contributed by atoms with Crippen molar-refractivity contribution in [3.05, 3.63) is 29.8 Å². The maximum absolute atomic E-state index is 5.66. The molecule has 1 aliphatic heterocycles. The number of ether oxygens (including phenoxy) is 2. The molecule has 0 spiro atoms. The zero-order chi connectivity index (χ0) is 11.4. The predicted molar refractivity (Wildman–Crippen MR) is 66.4 cm³/mol. The SMILES string of the molecule is CC(=CCCCl)c1ccc2c(c1)OCCO2. The van der Waals surface area contributed by atoms with Crippen LogP contribution in [0.15, 0.2) is 24.3 Å². The van der Waals surface area contributed by atoms with Crippen LogP contribution in [0.25, 0.3) is 5.57 Å². The standard InChI is InChI=1S/C13H15ClO2/c1-10(3-2-6-14)11-4-5-12-13(9-11)16-8-7-15-12/h3-5,9H,2,6-8H2,1H3. The van der Waals surface area contributed by atoms with Gasteiger partial charge in [0.05, 0.1) is 0 Å². The zero-order valence-corrected chi connectivity index (χ0v) is 10.1. The average Bonchev–Trinajstić information content (AvgIpc) is 2.35. The van der Waals surface area contributed by atoms with Gasteiger partial charge in [-0.15, -0.1) is 11.6 Å². The number of fused-ring (bicyclic) bond motifs is 1. The van der Waals surface area contributed by atoms with Gasteiger partial charge in [0, 0.05) is 5.88 Å². The van der Waals surface area contributed by atoms with Crippen LogP contribution in [0.4, 0.5) is 0 Å². The molecule has 1 aromatic rings. The molecule has 1 heterocycles. The molecule has 0 amide bonds. The summed E-state index contributed by atoms with van der Waals surface area (Å²) in [6.45, 7) is 3.34. The van der Waals surface area contributed by atoms with Gasteiger partial charge < -0.3 is 9.47 Å². The van der Waals surface area contributed by atoms with E-state index in [1.54, 1.807) is 0 Å². The summed E-state index contributed by atoms with van der Waals surface area (Å²) >= 11 is 5.66. The monoisotopic (exact) mass is 238 g/mol. The minimum Gasteiger partial charge on any atom is -0.486 e. The van der Waals surface area contributed by atoms with E-state index in [9.17, 15) is 0 Å². The van der Waals surface area contributed by atoms with Crippen molar-refractivity contribution in [3.8, 4) is 11.5 Å². The van der Waals surface area contributed by atoms with E-state index >= 15 is 0 Å². The summed E-state index contributed by atoms with van der Waals surface area (Å²) in [5.74, 6) is 2.32. The summed E-state index contributed by atoms with van der Waals surface area (Å²) < 4.78 is 11.0. The van der Waals surface area contributed by atoms with E-state index in [0.717, 1.165) is 23.5 Å². The molecule has 0 radical (unpaired) electrons. The Bertz CT molecular complexity index is 399. The maximum atomic E-state index is 5.66. The van der Waals surface area contributed by atoms with E-state index in [-0.39, 0.29) is 0 Å². The minimum atomic E-state index is 0.626. The summed E-state index contributed by atoms with van der Waals surface area (Å²) in [6.07, 6.45) is 3.03. The fourth-order valence-corrected chi connectivity index (χ4v) is 1.79. The van der Waals surface area contributed by atoms with Crippen molar-refractivity contribution in [1.82, 2.24) is 0 Å². The highest BCUT2D eigenvalue weighted by Gasteiger charge is 2.11. The molecule has 0 atom stereocenters. The minimum absolute atomic E-state index is 0.626. The summed E-state index contributed by atoms with van der Waals surface area (Å²) in [5.41, 5.74) is 2.38. The van der Waals surface area contributed by atoms with Gasteiger partial charge in [-0.3, -0.25) is 0 Å². The molecule has 0 aliphatic carbocycles. The number of benzene rings is 1. The highest BCUT2D eigenvalue weighted by Crippen LogP contribution is 2.32. The first-order valence-corrected chi connectivity index (χ1v) is 5.97. The first-order valence-electron chi connectivity index (χ1n) is 5.44. The Balaban J connectivity index is 2.22. The van der Waals surface area contributed by atoms with Gasteiger partial charge in [0.1, 0.15) is 13.2 Å². The predicted octanol–water partition coefficient (Wildman–Crippen LogP) is 3.49. The van der Waals surface area contributed by atoms with Crippen LogP contribution in [0.1, 0.15) is 18.9 Å². The fourth-order valence-electron chi connectivity index (χ4n) is 1.68. The van der Waals surface area contributed by atoms with Crippen LogP contribution in [0.5, 0.6) is 11.5 Å². The second kappa shape index (κ2) is 5.26. The Kier molecular flexibility index (Phi) is 3.73. The van der Waals surface area contributed by atoms with Crippen LogP contribution in [-0.2, 0) is 0 Å². The zero-order valence-electron chi connectivity index (χ0n) is 9.33. The van der Waals surface area contributed by atoms with Crippen LogP contribution in [0, 0.1) is 0 Å². The molecule has 0 unspecified atom stereocenters. The van der Waals surface area contributed by atoms with E-state index in [2.05, 4.69) is 13.0 Å². The van der Waals surface area contributed by atoms with Crippen LogP contribution < -0.4 is 9.47 Å². The number of hydrogen-bond acceptors (Lipinski definition) is 2. The Morgan fingerprint density at radius 3 is 2.81 bits per heavy atom. The number of allylic oxidation sites excluding steroid dienone is 2. The fraction of sp³-hybridized carbons (Fsp3) is 0.385. The highest BCUT2D eigenvalue weighted by atomic mass is 35.5.